The van der Waals surface area contributed by atoms with Crippen LogP contribution in [0, 0.1) is 5.92 Å². The second-order valence-electron chi connectivity index (χ2n) is 6.11. The molecule has 0 aromatic carbocycles. The van der Waals surface area contributed by atoms with Crippen LogP contribution in [0.5, 0.6) is 0 Å². The Morgan fingerprint density at radius 3 is 2.29 bits per heavy atom. The summed E-state index contributed by atoms with van der Waals surface area (Å²) in [6, 6.07) is 1.46. The van der Waals surface area contributed by atoms with Gasteiger partial charge in [0.2, 0.25) is 0 Å². The van der Waals surface area contributed by atoms with Crippen molar-refractivity contribution in [1.29, 1.82) is 0 Å². The first-order valence-electron chi connectivity index (χ1n) is 7.13. The van der Waals surface area contributed by atoms with E-state index in [2.05, 4.69) is 37.9 Å². The summed E-state index contributed by atoms with van der Waals surface area (Å²) in [6.07, 6.45) is 3.95. The van der Waals surface area contributed by atoms with Crippen molar-refractivity contribution in [2.75, 3.05) is 19.7 Å². The fourth-order valence-corrected chi connectivity index (χ4v) is 2.20. The van der Waals surface area contributed by atoms with Crippen LogP contribution in [0.25, 0.3) is 0 Å². The third-order valence-electron chi connectivity index (χ3n) is 3.30. The second-order valence-corrected chi connectivity index (χ2v) is 6.11. The predicted octanol–water partition coefficient (Wildman–Crippen LogP) is 1.86. The number of aliphatic hydroxyl groups is 1. The third kappa shape index (κ3) is 6.39. The average Bonchev–Trinajstić information content (AvgIpc) is 3.05. The van der Waals surface area contributed by atoms with Crippen LogP contribution in [-0.2, 0) is 0 Å². The molecule has 0 spiro atoms. The SMILES string of the molecule is CC(C)CCN(CC(CO)NC(C)C)C1CC1. The van der Waals surface area contributed by atoms with Gasteiger partial charge in [0.15, 0.2) is 0 Å². The van der Waals surface area contributed by atoms with E-state index in [1.54, 1.807) is 0 Å². The minimum atomic E-state index is 0.225. The Morgan fingerprint density at radius 1 is 1.24 bits per heavy atom. The zero-order chi connectivity index (χ0) is 12.8. The van der Waals surface area contributed by atoms with Crippen molar-refractivity contribution in [2.24, 2.45) is 5.92 Å². The van der Waals surface area contributed by atoms with E-state index >= 15 is 0 Å². The van der Waals surface area contributed by atoms with E-state index in [1.807, 2.05) is 0 Å². The summed E-state index contributed by atoms with van der Waals surface area (Å²) in [6.45, 7) is 11.2. The molecule has 0 aromatic rings. The quantitative estimate of drug-likeness (QED) is 0.648. The average molecular weight is 242 g/mol. The highest BCUT2D eigenvalue weighted by atomic mass is 16.3. The van der Waals surface area contributed by atoms with E-state index in [-0.39, 0.29) is 12.6 Å². The first-order chi connectivity index (χ1) is 8.02. The Labute approximate surface area is 107 Å². The van der Waals surface area contributed by atoms with Gasteiger partial charge in [-0.3, -0.25) is 4.90 Å². The summed E-state index contributed by atoms with van der Waals surface area (Å²) in [5.41, 5.74) is 0. The van der Waals surface area contributed by atoms with Gasteiger partial charge < -0.3 is 10.4 Å². The summed E-state index contributed by atoms with van der Waals surface area (Å²) < 4.78 is 0. The second kappa shape index (κ2) is 7.34. The van der Waals surface area contributed by atoms with E-state index in [0.29, 0.717) is 6.04 Å². The molecule has 1 rings (SSSR count). The molecule has 0 aromatic heterocycles. The molecule has 0 amide bonds. The van der Waals surface area contributed by atoms with E-state index in [9.17, 15) is 5.11 Å². The molecule has 1 aliphatic carbocycles. The molecule has 1 saturated carbocycles. The van der Waals surface area contributed by atoms with E-state index in [0.717, 1.165) is 18.5 Å². The highest BCUT2D eigenvalue weighted by Crippen LogP contribution is 2.27. The lowest BCUT2D eigenvalue weighted by atomic mass is 10.1. The minimum absolute atomic E-state index is 0.225. The van der Waals surface area contributed by atoms with Crippen LogP contribution in [0.1, 0.15) is 47.0 Å². The van der Waals surface area contributed by atoms with Crippen LogP contribution in [-0.4, -0.2) is 47.8 Å². The van der Waals surface area contributed by atoms with Crippen LogP contribution < -0.4 is 5.32 Å². The summed E-state index contributed by atoms with van der Waals surface area (Å²) in [5.74, 6) is 0.766. The molecule has 0 saturated heterocycles. The fourth-order valence-electron chi connectivity index (χ4n) is 2.20. The Morgan fingerprint density at radius 2 is 1.88 bits per heavy atom. The molecule has 0 aliphatic heterocycles. The molecule has 17 heavy (non-hydrogen) atoms. The summed E-state index contributed by atoms with van der Waals surface area (Å²) in [5, 5.41) is 12.9. The van der Waals surface area contributed by atoms with Crippen molar-refractivity contribution in [3.63, 3.8) is 0 Å². The van der Waals surface area contributed by atoms with Crippen molar-refractivity contribution in [2.45, 2.75) is 65.1 Å². The van der Waals surface area contributed by atoms with Crippen LogP contribution in [0.3, 0.4) is 0 Å². The Balaban J connectivity index is 2.35. The first-order valence-corrected chi connectivity index (χ1v) is 7.13. The smallest absolute Gasteiger partial charge is 0.0597 e. The molecule has 1 fully saturated rings. The highest BCUT2D eigenvalue weighted by molar-refractivity contribution is 4.87. The largest absolute Gasteiger partial charge is 0.395 e. The number of aliphatic hydroxyl groups excluding tert-OH is 1. The zero-order valence-corrected chi connectivity index (χ0v) is 11.9. The van der Waals surface area contributed by atoms with Crippen molar-refractivity contribution in [3.8, 4) is 0 Å². The highest BCUT2D eigenvalue weighted by Gasteiger charge is 2.30. The summed E-state index contributed by atoms with van der Waals surface area (Å²) in [7, 11) is 0. The van der Waals surface area contributed by atoms with Gasteiger partial charge in [0.05, 0.1) is 6.61 Å². The lowest BCUT2D eigenvalue weighted by molar-refractivity contribution is 0.165. The minimum Gasteiger partial charge on any atom is -0.395 e. The lowest BCUT2D eigenvalue weighted by Gasteiger charge is -2.29. The molecule has 102 valence electrons. The third-order valence-corrected chi connectivity index (χ3v) is 3.30. The number of nitrogens with zero attached hydrogens (tertiary/aromatic N) is 1. The molecule has 1 aliphatic rings. The lowest BCUT2D eigenvalue weighted by Crippen LogP contribution is -2.47. The predicted molar refractivity (Wildman–Crippen MR) is 73.2 cm³/mol. The molecule has 0 bridgehead atoms. The van der Waals surface area contributed by atoms with Crippen molar-refractivity contribution in [1.82, 2.24) is 10.2 Å². The Kier molecular flexibility index (Phi) is 6.45. The molecule has 1 atom stereocenters. The Bertz CT molecular complexity index is 202. The number of hydrogen-bond acceptors (Lipinski definition) is 3. The number of nitrogens with one attached hydrogen (secondary N) is 1. The van der Waals surface area contributed by atoms with Gasteiger partial charge in [0.25, 0.3) is 0 Å². The van der Waals surface area contributed by atoms with Gasteiger partial charge in [-0.05, 0) is 31.7 Å². The number of hydrogen-bond donors (Lipinski definition) is 2. The topological polar surface area (TPSA) is 35.5 Å². The Hall–Kier alpha value is -0.120. The summed E-state index contributed by atoms with van der Waals surface area (Å²) in [4.78, 5) is 2.57. The monoisotopic (exact) mass is 242 g/mol. The molecular weight excluding hydrogens is 212 g/mol. The van der Waals surface area contributed by atoms with Gasteiger partial charge in [0, 0.05) is 24.7 Å². The molecule has 2 N–H and O–H groups in total. The van der Waals surface area contributed by atoms with Gasteiger partial charge >= 0.3 is 0 Å². The molecule has 3 heteroatoms. The maximum absolute atomic E-state index is 9.41. The van der Waals surface area contributed by atoms with Crippen molar-refractivity contribution in [3.05, 3.63) is 0 Å². The van der Waals surface area contributed by atoms with E-state index < -0.39 is 0 Å². The molecule has 1 unspecified atom stereocenters. The zero-order valence-electron chi connectivity index (χ0n) is 11.9. The van der Waals surface area contributed by atoms with Crippen molar-refractivity contribution >= 4 is 0 Å². The summed E-state index contributed by atoms with van der Waals surface area (Å²) >= 11 is 0. The van der Waals surface area contributed by atoms with E-state index in [1.165, 1.54) is 25.8 Å². The van der Waals surface area contributed by atoms with Gasteiger partial charge in [-0.25, -0.2) is 0 Å². The van der Waals surface area contributed by atoms with Crippen molar-refractivity contribution < 1.29 is 5.11 Å². The van der Waals surface area contributed by atoms with E-state index in [4.69, 9.17) is 0 Å². The van der Waals surface area contributed by atoms with Gasteiger partial charge in [0.1, 0.15) is 0 Å². The van der Waals surface area contributed by atoms with Gasteiger partial charge in [-0.2, -0.15) is 0 Å². The maximum Gasteiger partial charge on any atom is 0.0597 e. The maximum atomic E-state index is 9.41. The fraction of sp³-hybridized carbons (Fsp3) is 1.00. The normalized spacial score (nSPS) is 18.4. The molecule has 3 nitrogen and oxygen atoms in total. The van der Waals surface area contributed by atoms with Gasteiger partial charge in [-0.15, -0.1) is 0 Å². The van der Waals surface area contributed by atoms with Crippen LogP contribution in [0.4, 0.5) is 0 Å². The van der Waals surface area contributed by atoms with Crippen LogP contribution >= 0.6 is 0 Å². The first kappa shape index (κ1) is 14.9. The molecule has 0 radical (unpaired) electrons. The van der Waals surface area contributed by atoms with Gasteiger partial charge in [-0.1, -0.05) is 27.7 Å². The number of rotatable bonds is 9. The molecule has 0 heterocycles. The van der Waals surface area contributed by atoms with Crippen LogP contribution in [0.2, 0.25) is 0 Å². The van der Waals surface area contributed by atoms with Crippen LogP contribution in [0.15, 0.2) is 0 Å². The standard InChI is InChI=1S/C14H30N2O/c1-11(2)7-8-16(14-5-6-14)9-13(10-17)15-12(3)4/h11-15,17H,5-10H2,1-4H3. The molecular formula is C14H30N2O.